The summed E-state index contributed by atoms with van der Waals surface area (Å²) in [5.74, 6) is -1.95. The summed E-state index contributed by atoms with van der Waals surface area (Å²) in [4.78, 5) is 28.2. The van der Waals surface area contributed by atoms with Gasteiger partial charge in [0, 0.05) is 36.9 Å². The lowest BCUT2D eigenvalue weighted by Gasteiger charge is -2.38. The predicted octanol–water partition coefficient (Wildman–Crippen LogP) is 2.66. The Morgan fingerprint density at radius 2 is 1.71 bits per heavy atom. The summed E-state index contributed by atoms with van der Waals surface area (Å²) in [6, 6.07) is 7.69. The molecule has 5 nitrogen and oxygen atoms in total. The van der Waals surface area contributed by atoms with E-state index in [9.17, 15) is 14.7 Å². The third kappa shape index (κ3) is 3.56. The monoisotopic (exact) mass is 348 g/mol. The fourth-order valence-electron chi connectivity index (χ4n) is 3.45. The molecule has 1 saturated heterocycles. The van der Waals surface area contributed by atoms with E-state index in [1.165, 1.54) is 0 Å². The number of aliphatic carboxylic acids is 1. The third-order valence-electron chi connectivity index (χ3n) is 4.83. The van der Waals surface area contributed by atoms with Crippen LogP contribution in [0.3, 0.4) is 0 Å². The standard InChI is InChI=1S/C18H21ClN2O3/c19-13-4-3-5-14(12-13)20-8-10-21(11-9-20)17(22)15-6-1-2-7-16(15)18(23)24/h1-5,12,15-16H,6-11H2,(H,23,24)/t15-,16-/m0/s1. The van der Waals surface area contributed by atoms with E-state index in [0.717, 1.165) is 18.8 Å². The first-order chi connectivity index (χ1) is 11.6. The number of carboxylic acid groups (broad SMARTS) is 1. The van der Waals surface area contributed by atoms with E-state index in [1.54, 1.807) is 4.90 Å². The minimum atomic E-state index is -0.879. The maximum absolute atomic E-state index is 12.8. The molecule has 0 spiro atoms. The summed E-state index contributed by atoms with van der Waals surface area (Å²) in [6.07, 6.45) is 4.74. The molecule has 2 aliphatic rings. The average Bonchev–Trinajstić information content (AvgIpc) is 2.61. The number of nitrogens with zero attached hydrogens (tertiary/aromatic N) is 2. The number of hydrogen-bond donors (Lipinski definition) is 1. The Bertz CT molecular complexity index is 653. The molecular weight excluding hydrogens is 328 g/mol. The fraction of sp³-hybridized carbons (Fsp3) is 0.444. The van der Waals surface area contributed by atoms with Crippen LogP contribution in [0.2, 0.25) is 5.02 Å². The quantitative estimate of drug-likeness (QED) is 0.853. The molecule has 1 N–H and O–H groups in total. The van der Waals surface area contributed by atoms with Gasteiger partial charge in [0.25, 0.3) is 0 Å². The Morgan fingerprint density at radius 1 is 1.04 bits per heavy atom. The Kier molecular flexibility index (Phi) is 5.09. The van der Waals surface area contributed by atoms with Crippen molar-refractivity contribution in [3.63, 3.8) is 0 Å². The van der Waals surface area contributed by atoms with Gasteiger partial charge in [-0.1, -0.05) is 29.8 Å². The molecule has 128 valence electrons. The van der Waals surface area contributed by atoms with Crippen LogP contribution in [-0.4, -0.2) is 48.1 Å². The van der Waals surface area contributed by atoms with Crippen molar-refractivity contribution in [3.8, 4) is 0 Å². The highest BCUT2D eigenvalue weighted by Crippen LogP contribution is 2.28. The number of carbonyl (C=O) groups is 2. The molecule has 24 heavy (non-hydrogen) atoms. The van der Waals surface area contributed by atoms with Gasteiger partial charge in [0.2, 0.25) is 5.91 Å². The lowest BCUT2D eigenvalue weighted by atomic mass is 9.82. The molecule has 1 heterocycles. The Labute approximate surface area is 146 Å². The van der Waals surface area contributed by atoms with Crippen molar-refractivity contribution in [2.24, 2.45) is 11.8 Å². The van der Waals surface area contributed by atoms with Crippen LogP contribution in [0.1, 0.15) is 12.8 Å². The fourth-order valence-corrected chi connectivity index (χ4v) is 3.64. The predicted molar refractivity (Wildman–Crippen MR) is 93.2 cm³/mol. The molecular formula is C18H21ClN2O3. The van der Waals surface area contributed by atoms with Crippen LogP contribution in [0.5, 0.6) is 0 Å². The third-order valence-corrected chi connectivity index (χ3v) is 5.07. The van der Waals surface area contributed by atoms with E-state index in [4.69, 9.17) is 11.6 Å². The summed E-state index contributed by atoms with van der Waals surface area (Å²) < 4.78 is 0. The first kappa shape index (κ1) is 16.8. The van der Waals surface area contributed by atoms with Gasteiger partial charge in [-0.3, -0.25) is 9.59 Å². The number of piperazine rings is 1. The SMILES string of the molecule is O=C(O)[C@H]1CC=CC[C@@H]1C(=O)N1CCN(c2cccc(Cl)c2)CC1. The second kappa shape index (κ2) is 7.26. The molecule has 0 saturated carbocycles. The average molecular weight is 349 g/mol. The van der Waals surface area contributed by atoms with Crippen LogP contribution in [0, 0.1) is 11.8 Å². The first-order valence-electron chi connectivity index (χ1n) is 8.23. The highest BCUT2D eigenvalue weighted by Gasteiger charge is 2.37. The zero-order valence-electron chi connectivity index (χ0n) is 13.4. The van der Waals surface area contributed by atoms with E-state index in [-0.39, 0.29) is 5.91 Å². The molecule has 1 aromatic carbocycles. The van der Waals surface area contributed by atoms with Gasteiger partial charge < -0.3 is 14.9 Å². The molecule has 3 rings (SSSR count). The zero-order chi connectivity index (χ0) is 17.1. The lowest BCUT2D eigenvalue weighted by Crippen LogP contribution is -2.52. The molecule has 1 amide bonds. The van der Waals surface area contributed by atoms with Crippen LogP contribution < -0.4 is 4.90 Å². The smallest absolute Gasteiger partial charge is 0.307 e. The second-order valence-electron chi connectivity index (χ2n) is 6.29. The molecule has 1 aromatic rings. The van der Waals surface area contributed by atoms with Crippen molar-refractivity contribution >= 4 is 29.2 Å². The Hall–Kier alpha value is -2.01. The van der Waals surface area contributed by atoms with Crippen molar-refractivity contribution in [1.29, 1.82) is 0 Å². The van der Waals surface area contributed by atoms with Gasteiger partial charge in [-0.15, -0.1) is 0 Å². The van der Waals surface area contributed by atoms with Gasteiger partial charge in [-0.05, 0) is 31.0 Å². The first-order valence-corrected chi connectivity index (χ1v) is 8.61. The summed E-state index contributed by atoms with van der Waals surface area (Å²) in [5.41, 5.74) is 1.05. The molecule has 0 aromatic heterocycles. The van der Waals surface area contributed by atoms with Gasteiger partial charge in [0.15, 0.2) is 0 Å². The van der Waals surface area contributed by atoms with Crippen LogP contribution in [0.4, 0.5) is 5.69 Å². The number of rotatable bonds is 3. The maximum Gasteiger partial charge on any atom is 0.307 e. The summed E-state index contributed by atoms with van der Waals surface area (Å²) in [7, 11) is 0. The Balaban J connectivity index is 1.62. The number of halogens is 1. The highest BCUT2D eigenvalue weighted by atomic mass is 35.5. The maximum atomic E-state index is 12.8. The van der Waals surface area contributed by atoms with Crippen molar-refractivity contribution in [2.75, 3.05) is 31.1 Å². The molecule has 1 fully saturated rings. The highest BCUT2D eigenvalue weighted by molar-refractivity contribution is 6.30. The summed E-state index contributed by atoms with van der Waals surface area (Å²) >= 11 is 6.04. The molecule has 0 radical (unpaired) electrons. The number of benzene rings is 1. The van der Waals surface area contributed by atoms with E-state index in [1.807, 2.05) is 36.4 Å². The van der Waals surface area contributed by atoms with Crippen molar-refractivity contribution in [3.05, 3.63) is 41.4 Å². The number of amides is 1. The summed E-state index contributed by atoms with van der Waals surface area (Å²) in [5, 5.41) is 10.0. The second-order valence-corrected chi connectivity index (χ2v) is 6.72. The van der Waals surface area contributed by atoms with Crippen molar-refractivity contribution < 1.29 is 14.7 Å². The largest absolute Gasteiger partial charge is 0.481 e. The number of anilines is 1. The normalized spacial score (nSPS) is 24.0. The molecule has 6 heteroatoms. The Morgan fingerprint density at radius 3 is 2.33 bits per heavy atom. The van der Waals surface area contributed by atoms with Crippen LogP contribution in [0.25, 0.3) is 0 Å². The topological polar surface area (TPSA) is 60.9 Å². The van der Waals surface area contributed by atoms with Gasteiger partial charge in [-0.2, -0.15) is 0 Å². The van der Waals surface area contributed by atoms with Crippen molar-refractivity contribution in [1.82, 2.24) is 4.90 Å². The van der Waals surface area contributed by atoms with E-state index >= 15 is 0 Å². The van der Waals surface area contributed by atoms with Gasteiger partial charge in [0.1, 0.15) is 0 Å². The van der Waals surface area contributed by atoms with Crippen LogP contribution >= 0.6 is 11.6 Å². The lowest BCUT2D eigenvalue weighted by molar-refractivity contribution is -0.150. The van der Waals surface area contributed by atoms with Crippen molar-refractivity contribution in [2.45, 2.75) is 12.8 Å². The minimum Gasteiger partial charge on any atom is -0.481 e. The van der Waals surface area contributed by atoms with E-state index in [2.05, 4.69) is 4.90 Å². The molecule has 2 atom stereocenters. The summed E-state index contributed by atoms with van der Waals surface area (Å²) in [6.45, 7) is 2.68. The molecule has 0 bridgehead atoms. The molecule has 1 aliphatic heterocycles. The van der Waals surface area contributed by atoms with Gasteiger partial charge in [0.05, 0.1) is 11.8 Å². The number of carboxylic acids is 1. The van der Waals surface area contributed by atoms with E-state index in [0.29, 0.717) is 31.0 Å². The molecule has 0 unspecified atom stereocenters. The molecule has 1 aliphatic carbocycles. The van der Waals surface area contributed by atoms with Gasteiger partial charge >= 0.3 is 5.97 Å². The minimum absolute atomic E-state index is 0.0301. The van der Waals surface area contributed by atoms with Gasteiger partial charge in [-0.25, -0.2) is 0 Å². The zero-order valence-corrected chi connectivity index (χ0v) is 14.2. The number of carbonyl (C=O) groups excluding carboxylic acids is 1. The number of hydrogen-bond acceptors (Lipinski definition) is 3. The number of allylic oxidation sites excluding steroid dienone is 2. The van der Waals surface area contributed by atoms with E-state index < -0.39 is 17.8 Å². The van der Waals surface area contributed by atoms with Crippen LogP contribution in [-0.2, 0) is 9.59 Å². The van der Waals surface area contributed by atoms with Crippen LogP contribution in [0.15, 0.2) is 36.4 Å².